The monoisotopic (exact) mass is 406 g/mol. The van der Waals surface area contributed by atoms with Gasteiger partial charge in [-0.3, -0.25) is 4.79 Å². The van der Waals surface area contributed by atoms with E-state index in [0.29, 0.717) is 17.2 Å². The number of ether oxygens (including phenoxy) is 2. The van der Waals surface area contributed by atoms with Crippen LogP contribution in [0.1, 0.15) is 17.0 Å². The van der Waals surface area contributed by atoms with Crippen LogP contribution in [0, 0.1) is 0 Å². The summed E-state index contributed by atoms with van der Waals surface area (Å²) in [4.78, 5) is 13.1. The van der Waals surface area contributed by atoms with Gasteiger partial charge in [-0.25, -0.2) is 0 Å². The zero-order valence-corrected chi connectivity index (χ0v) is 17.0. The highest BCUT2D eigenvalue weighted by Crippen LogP contribution is 2.30. The van der Waals surface area contributed by atoms with Gasteiger partial charge in [0.15, 0.2) is 16.6 Å². The maximum absolute atomic E-state index is 13.1. The predicted molar refractivity (Wildman–Crippen MR) is 119 cm³/mol. The average molecular weight is 407 g/mol. The Balaban J connectivity index is 1.77. The van der Waals surface area contributed by atoms with Crippen molar-refractivity contribution in [3.8, 4) is 11.5 Å². The van der Waals surface area contributed by atoms with E-state index in [4.69, 9.17) is 21.7 Å². The van der Waals surface area contributed by atoms with Crippen LogP contribution in [0.2, 0.25) is 0 Å². The van der Waals surface area contributed by atoms with Gasteiger partial charge in [-0.15, -0.1) is 0 Å². The van der Waals surface area contributed by atoms with Crippen molar-refractivity contribution in [2.45, 2.75) is 5.92 Å². The summed E-state index contributed by atoms with van der Waals surface area (Å²) in [5.74, 6) is 0.502. The number of hydrogen-bond acceptors (Lipinski definition) is 4. The summed E-state index contributed by atoms with van der Waals surface area (Å²) < 4.78 is 10.5. The normalized spacial score (nSPS) is 10.3. The molecule has 1 amide bonds. The fraction of sp³-hybridized carbons (Fsp3) is 0.130. The first-order valence-electron chi connectivity index (χ1n) is 9.06. The van der Waals surface area contributed by atoms with E-state index in [2.05, 4.69) is 10.6 Å². The van der Waals surface area contributed by atoms with Crippen molar-refractivity contribution in [3.63, 3.8) is 0 Å². The Morgan fingerprint density at radius 2 is 1.38 bits per heavy atom. The molecular weight excluding hydrogens is 384 g/mol. The van der Waals surface area contributed by atoms with E-state index < -0.39 is 5.92 Å². The molecule has 29 heavy (non-hydrogen) atoms. The summed E-state index contributed by atoms with van der Waals surface area (Å²) in [5, 5.41) is 6.03. The highest BCUT2D eigenvalue weighted by atomic mass is 32.1. The molecule has 6 heteroatoms. The Labute approximate surface area is 175 Å². The van der Waals surface area contributed by atoms with Crippen molar-refractivity contribution in [1.82, 2.24) is 5.32 Å². The molecule has 5 nitrogen and oxygen atoms in total. The van der Waals surface area contributed by atoms with Crippen LogP contribution in [-0.2, 0) is 4.79 Å². The first-order chi connectivity index (χ1) is 14.1. The maximum atomic E-state index is 13.1. The number of methoxy groups -OCH3 is 2. The number of benzene rings is 3. The van der Waals surface area contributed by atoms with Gasteiger partial charge in [-0.05, 0) is 35.5 Å². The van der Waals surface area contributed by atoms with Gasteiger partial charge in [-0.1, -0.05) is 60.7 Å². The van der Waals surface area contributed by atoms with E-state index in [0.717, 1.165) is 11.1 Å². The van der Waals surface area contributed by atoms with Crippen LogP contribution in [-0.4, -0.2) is 25.2 Å². The smallest absolute Gasteiger partial charge is 0.238 e. The molecule has 3 aromatic rings. The van der Waals surface area contributed by atoms with Crippen molar-refractivity contribution in [1.29, 1.82) is 0 Å². The van der Waals surface area contributed by atoms with Gasteiger partial charge in [-0.2, -0.15) is 0 Å². The number of rotatable bonds is 6. The largest absolute Gasteiger partial charge is 0.493 e. The van der Waals surface area contributed by atoms with E-state index in [9.17, 15) is 4.79 Å². The van der Waals surface area contributed by atoms with Gasteiger partial charge >= 0.3 is 0 Å². The van der Waals surface area contributed by atoms with Gasteiger partial charge in [0.2, 0.25) is 5.91 Å². The third kappa shape index (κ3) is 5.12. The zero-order valence-electron chi connectivity index (χ0n) is 16.2. The minimum atomic E-state index is -0.470. The summed E-state index contributed by atoms with van der Waals surface area (Å²) in [5.41, 5.74) is 2.47. The maximum Gasteiger partial charge on any atom is 0.238 e. The lowest BCUT2D eigenvalue weighted by atomic mass is 9.90. The molecule has 148 valence electrons. The van der Waals surface area contributed by atoms with Crippen molar-refractivity contribution < 1.29 is 14.3 Å². The lowest BCUT2D eigenvalue weighted by Crippen LogP contribution is -2.37. The first kappa shape index (κ1) is 20.4. The molecule has 3 aromatic carbocycles. The van der Waals surface area contributed by atoms with Crippen LogP contribution in [0.25, 0.3) is 0 Å². The molecule has 2 N–H and O–H groups in total. The molecule has 0 fully saturated rings. The van der Waals surface area contributed by atoms with Crippen molar-refractivity contribution in [2.24, 2.45) is 0 Å². The highest BCUT2D eigenvalue weighted by molar-refractivity contribution is 7.80. The molecule has 0 saturated carbocycles. The summed E-state index contributed by atoms with van der Waals surface area (Å²) in [6.07, 6.45) is 0. The van der Waals surface area contributed by atoms with E-state index in [1.807, 2.05) is 60.7 Å². The Kier molecular flexibility index (Phi) is 6.81. The second-order valence-electron chi connectivity index (χ2n) is 6.27. The molecular formula is C23H22N2O3S. The van der Waals surface area contributed by atoms with Crippen LogP contribution >= 0.6 is 12.2 Å². The van der Waals surface area contributed by atoms with E-state index in [1.165, 1.54) is 0 Å². The molecule has 0 unspecified atom stereocenters. The third-order valence-electron chi connectivity index (χ3n) is 4.41. The number of amides is 1. The summed E-state index contributed by atoms with van der Waals surface area (Å²) >= 11 is 5.36. The van der Waals surface area contributed by atoms with Crippen LogP contribution in [0.3, 0.4) is 0 Å². The van der Waals surface area contributed by atoms with Crippen molar-refractivity contribution in [3.05, 3.63) is 90.0 Å². The van der Waals surface area contributed by atoms with Gasteiger partial charge < -0.3 is 20.1 Å². The molecule has 0 aliphatic heterocycles. The fourth-order valence-electron chi connectivity index (χ4n) is 3.05. The molecule has 0 spiro atoms. The molecule has 0 atom stereocenters. The molecule has 0 aliphatic carbocycles. The van der Waals surface area contributed by atoms with Crippen molar-refractivity contribution in [2.75, 3.05) is 19.5 Å². The Bertz CT molecular complexity index is 938. The lowest BCUT2D eigenvalue weighted by Gasteiger charge is -2.19. The molecule has 0 radical (unpaired) electrons. The minimum Gasteiger partial charge on any atom is -0.493 e. The highest BCUT2D eigenvalue weighted by Gasteiger charge is 2.23. The second kappa shape index (κ2) is 9.71. The van der Waals surface area contributed by atoms with Crippen LogP contribution < -0.4 is 20.1 Å². The van der Waals surface area contributed by atoms with E-state index >= 15 is 0 Å². The second-order valence-corrected chi connectivity index (χ2v) is 6.68. The molecule has 0 bridgehead atoms. The van der Waals surface area contributed by atoms with Crippen LogP contribution in [0.15, 0.2) is 78.9 Å². The van der Waals surface area contributed by atoms with E-state index in [-0.39, 0.29) is 11.0 Å². The summed E-state index contributed by atoms with van der Waals surface area (Å²) in [6, 6.07) is 24.6. The Morgan fingerprint density at radius 1 is 0.828 bits per heavy atom. The Hall–Kier alpha value is -3.38. The Morgan fingerprint density at radius 3 is 1.90 bits per heavy atom. The zero-order chi connectivity index (χ0) is 20.6. The first-order valence-corrected chi connectivity index (χ1v) is 9.47. The number of carbonyl (C=O) groups is 1. The van der Waals surface area contributed by atoms with Crippen LogP contribution in [0.4, 0.5) is 5.69 Å². The van der Waals surface area contributed by atoms with Gasteiger partial charge in [0.1, 0.15) is 0 Å². The number of anilines is 1. The molecule has 0 aliphatic rings. The van der Waals surface area contributed by atoms with Crippen molar-refractivity contribution >= 4 is 28.9 Å². The van der Waals surface area contributed by atoms with Gasteiger partial charge in [0.05, 0.1) is 20.1 Å². The average Bonchev–Trinajstić information content (AvgIpc) is 2.75. The molecule has 0 saturated heterocycles. The number of carbonyl (C=O) groups excluding carboxylic acids is 1. The fourth-order valence-corrected chi connectivity index (χ4v) is 3.27. The standard InChI is InChI=1S/C23H22N2O3S/c1-27-19-14-13-18(15-20(19)28-2)24-23(29)25-22(26)21(16-9-5-3-6-10-16)17-11-7-4-8-12-17/h3-15,21H,1-2H3,(H2,24,25,26,29). The number of nitrogens with one attached hydrogen (secondary N) is 2. The van der Waals surface area contributed by atoms with Gasteiger partial charge in [0, 0.05) is 11.8 Å². The summed E-state index contributed by atoms with van der Waals surface area (Å²) in [7, 11) is 3.13. The predicted octanol–water partition coefficient (Wildman–Crippen LogP) is 4.35. The lowest BCUT2D eigenvalue weighted by molar-refractivity contribution is -0.120. The van der Waals surface area contributed by atoms with Gasteiger partial charge in [0.25, 0.3) is 0 Å². The molecule has 0 aromatic heterocycles. The SMILES string of the molecule is COc1ccc(NC(=S)NC(=O)C(c2ccccc2)c2ccccc2)cc1OC. The molecule has 3 rings (SSSR count). The molecule has 0 heterocycles. The topological polar surface area (TPSA) is 59.6 Å². The van der Waals surface area contributed by atoms with E-state index in [1.54, 1.807) is 32.4 Å². The van der Waals surface area contributed by atoms with Crippen LogP contribution in [0.5, 0.6) is 11.5 Å². The summed E-state index contributed by atoms with van der Waals surface area (Å²) in [6.45, 7) is 0. The quantitative estimate of drug-likeness (QED) is 0.596. The number of thiocarbonyl (C=S) groups is 1. The number of hydrogen-bond donors (Lipinski definition) is 2. The third-order valence-corrected chi connectivity index (χ3v) is 4.61. The minimum absolute atomic E-state index is 0.207.